The lowest BCUT2D eigenvalue weighted by Crippen LogP contribution is -2.08. The molecule has 1 N–H and O–H groups in total. The van der Waals surface area contributed by atoms with Crippen molar-refractivity contribution in [2.75, 3.05) is 0 Å². The van der Waals surface area contributed by atoms with Crippen molar-refractivity contribution >= 4 is 5.69 Å². The predicted octanol–water partition coefficient (Wildman–Crippen LogP) is 6.67. The predicted molar refractivity (Wildman–Crippen MR) is 119 cm³/mol. The van der Waals surface area contributed by atoms with Gasteiger partial charge in [0.1, 0.15) is 17.2 Å². The van der Waals surface area contributed by atoms with Gasteiger partial charge in [-0.3, -0.25) is 10.1 Å². The van der Waals surface area contributed by atoms with E-state index in [-0.39, 0.29) is 11.4 Å². The lowest BCUT2D eigenvalue weighted by molar-refractivity contribution is -0.384. The summed E-state index contributed by atoms with van der Waals surface area (Å²) in [4.78, 5) is 10.5. The summed E-state index contributed by atoms with van der Waals surface area (Å²) in [7, 11) is 0. The van der Waals surface area contributed by atoms with Crippen LogP contribution in [-0.4, -0.2) is 10.0 Å². The second-order valence-corrected chi connectivity index (χ2v) is 7.87. The van der Waals surface area contributed by atoms with Crippen molar-refractivity contribution < 1.29 is 14.8 Å². The summed E-state index contributed by atoms with van der Waals surface area (Å²) in [6.07, 6.45) is 0.878. The third kappa shape index (κ3) is 4.30. The Labute approximate surface area is 177 Å². The highest BCUT2D eigenvalue weighted by Crippen LogP contribution is 2.39. The molecule has 0 radical (unpaired) electrons. The highest BCUT2D eigenvalue weighted by Gasteiger charge is 2.20. The molecule has 0 heterocycles. The molecule has 1 atom stereocenters. The number of nitro groups is 1. The first-order chi connectivity index (χ1) is 14.2. The van der Waals surface area contributed by atoms with E-state index in [1.807, 2.05) is 12.1 Å². The molecule has 0 aromatic heterocycles. The summed E-state index contributed by atoms with van der Waals surface area (Å²) in [5.41, 5.74) is 7.08. The highest BCUT2D eigenvalue weighted by molar-refractivity contribution is 5.56. The van der Waals surface area contributed by atoms with Crippen LogP contribution in [0.4, 0.5) is 5.69 Å². The fraction of sp³-hybridized carbons (Fsp3) is 0.280. The van der Waals surface area contributed by atoms with Crippen LogP contribution in [0, 0.1) is 37.8 Å². The van der Waals surface area contributed by atoms with Gasteiger partial charge in [0.15, 0.2) is 0 Å². The van der Waals surface area contributed by atoms with Gasteiger partial charge in [0.05, 0.1) is 4.92 Å². The molecule has 30 heavy (non-hydrogen) atoms. The van der Waals surface area contributed by atoms with Crippen LogP contribution < -0.4 is 4.74 Å². The Balaban J connectivity index is 1.92. The zero-order chi connectivity index (χ0) is 22.0. The number of phenols is 1. The van der Waals surface area contributed by atoms with Crippen molar-refractivity contribution in [1.29, 1.82) is 0 Å². The number of benzene rings is 3. The molecule has 1 unspecified atom stereocenters. The molecule has 5 nitrogen and oxygen atoms in total. The second kappa shape index (κ2) is 8.57. The summed E-state index contributed by atoms with van der Waals surface area (Å²) < 4.78 is 6.15. The average Bonchev–Trinajstić information content (AvgIpc) is 2.72. The number of rotatable bonds is 6. The van der Waals surface area contributed by atoms with E-state index in [1.165, 1.54) is 34.4 Å². The van der Waals surface area contributed by atoms with E-state index in [2.05, 4.69) is 34.6 Å². The summed E-state index contributed by atoms with van der Waals surface area (Å²) >= 11 is 0. The topological polar surface area (TPSA) is 72.6 Å². The highest BCUT2D eigenvalue weighted by atomic mass is 16.6. The van der Waals surface area contributed by atoms with E-state index in [4.69, 9.17) is 4.74 Å². The smallest absolute Gasteiger partial charge is 0.269 e. The standard InChI is InChI=1S/C25H27NO4/c1-15(14-20-6-10-22(27)11-7-20)24-16(2)18(4)25(19(5)17(24)3)30-23-12-8-21(9-13-23)26(28)29/h6-13,15,27H,14H2,1-5H3. The molecule has 0 aliphatic rings. The molecule has 0 spiro atoms. The minimum Gasteiger partial charge on any atom is -0.508 e. The van der Waals surface area contributed by atoms with Gasteiger partial charge in [-0.1, -0.05) is 19.1 Å². The molecule has 3 aromatic carbocycles. The zero-order valence-corrected chi connectivity index (χ0v) is 18.0. The number of hydrogen-bond donors (Lipinski definition) is 1. The Morgan fingerprint density at radius 3 is 1.93 bits per heavy atom. The van der Waals surface area contributed by atoms with Crippen LogP contribution in [0.1, 0.15) is 46.2 Å². The Bertz CT molecular complexity index is 1040. The van der Waals surface area contributed by atoms with Gasteiger partial charge in [-0.05, 0) is 97.7 Å². The molecule has 5 heteroatoms. The first kappa shape index (κ1) is 21.4. The quantitative estimate of drug-likeness (QED) is 0.367. The van der Waals surface area contributed by atoms with Crippen LogP contribution >= 0.6 is 0 Å². The van der Waals surface area contributed by atoms with Crippen molar-refractivity contribution in [3.63, 3.8) is 0 Å². The molecular formula is C25H27NO4. The monoisotopic (exact) mass is 405 g/mol. The number of aromatic hydroxyl groups is 1. The van der Waals surface area contributed by atoms with Crippen molar-refractivity contribution in [2.24, 2.45) is 0 Å². The van der Waals surface area contributed by atoms with Gasteiger partial charge in [0.2, 0.25) is 0 Å². The van der Waals surface area contributed by atoms with Gasteiger partial charge in [0, 0.05) is 12.1 Å². The van der Waals surface area contributed by atoms with Crippen molar-refractivity contribution in [3.05, 3.63) is 92.0 Å². The van der Waals surface area contributed by atoms with E-state index in [0.717, 1.165) is 23.3 Å². The molecular weight excluding hydrogens is 378 g/mol. The Hall–Kier alpha value is -3.34. The van der Waals surface area contributed by atoms with Gasteiger partial charge < -0.3 is 9.84 Å². The van der Waals surface area contributed by atoms with Crippen LogP contribution in [0.5, 0.6) is 17.2 Å². The third-order valence-electron chi connectivity index (χ3n) is 5.85. The first-order valence-corrected chi connectivity index (χ1v) is 9.99. The zero-order valence-electron chi connectivity index (χ0n) is 18.0. The minimum atomic E-state index is -0.418. The van der Waals surface area contributed by atoms with Crippen LogP contribution in [-0.2, 0) is 6.42 Å². The summed E-state index contributed by atoms with van der Waals surface area (Å²) in [5.74, 6) is 1.97. The normalized spacial score (nSPS) is 11.9. The molecule has 0 saturated heterocycles. The maximum atomic E-state index is 10.9. The molecule has 0 fully saturated rings. The molecule has 0 amide bonds. The van der Waals surface area contributed by atoms with Crippen LogP contribution in [0.3, 0.4) is 0 Å². The molecule has 156 valence electrons. The molecule has 0 aliphatic carbocycles. The van der Waals surface area contributed by atoms with E-state index in [9.17, 15) is 15.2 Å². The number of nitro benzene ring substituents is 1. The fourth-order valence-corrected chi connectivity index (χ4v) is 4.04. The van der Waals surface area contributed by atoms with Crippen molar-refractivity contribution in [1.82, 2.24) is 0 Å². The number of non-ortho nitro benzene ring substituents is 1. The molecule has 3 aromatic rings. The van der Waals surface area contributed by atoms with E-state index >= 15 is 0 Å². The van der Waals surface area contributed by atoms with Crippen LogP contribution in [0.15, 0.2) is 48.5 Å². The number of nitrogens with zero attached hydrogens (tertiary/aromatic N) is 1. The summed E-state index contributed by atoms with van der Waals surface area (Å²) in [6, 6.07) is 13.5. The maximum absolute atomic E-state index is 10.9. The number of hydrogen-bond acceptors (Lipinski definition) is 4. The van der Waals surface area contributed by atoms with E-state index in [0.29, 0.717) is 11.7 Å². The first-order valence-electron chi connectivity index (χ1n) is 9.99. The van der Waals surface area contributed by atoms with Crippen molar-refractivity contribution in [3.8, 4) is 17.2 Å². The largest absolute Gasteiger partial charge is 0.508 e. The molecule has 0 saturated carbocycles. The summed E-state index contributed by atoms with van der Waals surface area (Å²) in [5, 5.41) is 20.4. The van der Waals surface area contributed by atoms with Crippen LogP contribution in [0.2, 0.25) is 0 Å². The van der Waals surface area contributed by atoms with E-state index < -0.39 is 4.92 Å². The number of ether oxygens (including phenoxy) is 1. The van der Waals surface area contributed by atoms with Crippen LogP contribution in [0.25, 0.3) is 0 Å². The van der Waals surface area contributed by atoms with Crippen molar-refractivity contribution in [2.45, 2.75) is 47.0 Å². The molecule has 3 rings (SSSR count). The van der Waals surface area contributed by atoms with Gasteiger partial charge in [-0.2, -0.15) is 0 Å². The lowest BCUT2D eigenvalue weighted by Gasteiger charge is -2.24. The lowest BCUT2D eigenvalue weighted by atomic mass is 9.83. The number of phenolic OH excluding ortho intramolecular Hbond substituents is 1. The fourth-order valence-electron chi connectivity index (χ4n) is 4.04. The summed E-state index contributed by atoms with van der Waals surface area (Å²) in [6.45, 7) is 10.6. The van der Waals surface area contributed by atoms with Gasteiger partial charge >= 0.3 is 0 Å². The van der Waals surface area contributed by atoms with E-state index in [1.54, 1.807) is 24.3 Å². The Morgan fingerprint density at radius 2 is 1.43 bits per heavy atom. The Morgan fingerprint density at radius 1 is 0.900 bits per heavy atom. The molecule has 0 bridgehead atoms. The van der Waals surface area contributed by atoms with Gasteiger partial charge in [0.25, 0.3) is 5.69 Å². The minimum absolute atomic E-state index is 0.0431. The molecule has 0 aliphatic heterocycles. The maximum Gasteiger partial charge on any atom is 0.269 e. The average molecular weight is 405 g/mol. The van der Waals surface area contributed by atoms with Gasteiger partial charge in [-0.25, -0.2) is 0 Å². The SMILES string of the molecule is Cc1c(C)c(C(C)Cc2ccc(O)cc2)c(C)c(C)c1Oc1ccc([N+](=O)[O-])cc1. The third-order valence-corrected chi connectivity index (χ3v) is 5.85. The van der Waals surface area contributed by atoms with Gasteiger partial charge in [-0.15, -0.1) is 0 Å². The second-order valence-electron chi connectivity index (χ2n) is 7.87. The Kier molecular flexibility index (Phi) is 6.11.